The van der Waals surface area contributed by atoms with Crippen LogP contribution in [0.4, 0.5) is 5.82 Å². The molecule has 0 radical (unpaired) electrons. The van der Waals surface area contributed by atoms with Gasteiger partial charge in [0.1, 0.15) is 5.82 Å². The highest BCUT2D eigenvalue weighted by atomic mass is 35.5. The molecule has 1 aromatic carbocycles. The van der Waals surface area contributed by atoms with Gasteiger partial charge in [-0.05, 0) is 36.2 Å². The fourth-order valence-corrected chi connectivity index (χ4v) is 2.76. The number of hydrogen-bond donors (Lipinski definition) is 0. The topological polar surface area (TPSA) is 59.5 Å². The Balaban J connectivity index is 1.91. The molecule has 2 aromatic rings. The van der Waals surface area contributed by atoms with Gasteiger partial charge in [-0.3, -0.25) is 9.69 Å². The van der Waals surface area contributed by atoms with Gasteiger partial charge in [0.2, 0.25) is 0 Å². The van der Waals surface area contributed by atoms with Crippen molar-refractivity contribution < 1.29 is 14.3 Å². The SMILES string of the molecule is COC(=O)c1ccc(N2CCc3c(Cl)cccc3C2=O)nc1. The van der Waals surface area contributed by atoms with Crippen molar-refractivity contribution in [2.24, 2.45) is 0 Å². The molecular formula is C16H13ClN2O3. The third-order valence-electron chi connectivity index (χ3n) is 3.63. The molecule has 0 aliphatic carbocycles. The molecule has 1 aliphatic rings. The van der Waals surface area contributed by atoms with Crippen LogP contribution in [0, 0.1) is 0 Å². The van der Waals surface area contributed by atoms with Crippen LogP contribution in [0.2, 0.25) is 5.02 Å². The van der Waals surface area contributed by atoms with Crippen molar-refractivity contribution in [3.8, 4) is 0 Å². The Bertz CT molecular complexity index is 744. The second kappa shape index (κ2) is 5.77. The van der Waals surface area contributed by atoms with Gasteiger partial charge < -0.3 is 4.74 Å². The van der Waals surface area contributed by atoms with E-state index < -0.39 is 5.97 Å². The van der Waals surface area contributed by atoms with Crippen molar-refractivity contribution in [3.63, 3.8) is 0 Å². The molecule has 22 heavy (non-hydrogen) atoms. The number of halogens is 1. The molecule has 112 valence electrons. The van der Waals surface area contributed by atoms with Crippen molar-refractivity contribution in [1.82, 2.24) is 4.98 Å². The number of nitrogens with zero attached hydrogens (tertiary/aromatic N) is 2. The minimum atomic E-state index is -0.457. The van der Waals surface area contributed by atoms with E-state index in [1.165, 1.54) is 13.3 Å². The van der Waals surface area contributed by atoms with Gasteiger partial charge in [-0.25, -0.2) is 9.78 Å². The number of rotatable bonds is 2. The van der Waals surface area contributed by atoms with Crippen molar-refractivity contribution >= 4 is 29.3 Å². The maximum absolute atomic E-state index is 12.6. The van der Waals surface area contributed by atoms with Crippen LogP contribution in [0.3, 0.4) is 0 Å². The van der Waals surface area contributed by atoms with E-state index in [1.807, 2.05) is 0 Å². The lowest BCUT2D eigenvalue weighted by Crippen LogP contribution is -2.38. The van der Waals surface area contributed by atoms with Gasteiger partial charge in [-0.2, -0.15) is 0 Å². The summed E-state index contributed by atoms with van der Waals surface area (Å²) in [6, 6.07) is 8.54. The summed E-state index contributed by atoms with van der Waals surface area (Å²) in [5, 5.41) is 0.611. The first-order valence-electron chi connectivity index (χ1n) is 6.75. The highest BCUT2D eigenvalue weighted by molar-refractivity contribution is 6.32. The molecule has 5 nitrogen and oxygen atoms in total. The Kier molecular flexibility index (Phi) is 3.81. The van der Waals surface area contributed by atoms with Gasteiger partial charge in [0.25, 0.3) is 5.91 Å². The number of esters is 1. The average Bonchev–Trinajstić information content (AvgIpc) is 2.55. The minimum Gasteiger partial charge on any atom is -0.465 e. The van der Waals surface area contributed by atoms with Crippen LogP contribution in [0.5, 0.6) is 0 Å². The van der Waals surface area contributed by atoms with Gasteiger partial charge in [-0.1, -0.05) is 17.7 Å². The van der Waals surface area contributed by atoms with E-state index in [9.17, 15) is 9.59 Å². The number of fused-ring (bicyclic) bond motifs is 1. The molecule has 0 atom stereocenters. The average molecular weight is 317 g/mol. The van der Waals surface area contributed by atoms with E-state index in [2.05, 4.69) is 9.72 Å². The van der Waals surface area contributed by atoms with Crippen LogP contribution < -0.4 is 4.90 Å². The summed E-state index contributed by atoms with van der Waals surface area (Å²) in [5.41, 5.74) is 1.81. The maximum Gasteiger partial charge on any atom is 0.339 e. The van der Waals surface area contributed by atoms with Gasteiger partial charge >= 0.3 is 5.97 Å². The van der Waals surface area contributed by atoms with Gasteiger partial charge in [0.05, 0.1) is 12.7 Å². The molecule has 1 amide bonds. The molecule has 0 saturated heterocycles. The zero-order chi connectivity index (χ0) is 15.7. The number of pyridine rings is 1. The summed E-state index contributed by atoms with van der Waals surface area (Å²) < 4.78 is 4.63. The number of ether oxygens (including phenoxy) is 1. The van der Waals surface area contributed by atoms with E-state index in [0.29, 0.717) is 34.9 Å². The largest absolute Gasteiger partial charge is 0.465 e. The Morgan fingerprint density at radius 3 is 2.82 bits per heavy atom. The fraction of sp³-hybridized carbons (Fsp3) is 0.188. The standard InChI is InChI=1S/C16H13ClN2O3/c1-22-16(21)10-5-6-14(18-9-10)19-8-7-11-12(15(19)20)3-2-4-13(11)17/h2-6,9H,7-8H2,1H3. The Hall–Kier alpha value is -2.40. The van der Waals surface area contributed by atoms with Crippen LogP contribution in [0.25, 0.3) is 0 Å². The molecule has 0 unspecified atom stereocenters. The highest BCUT2D eigenvalue weighted by Gasteiger charge is 2.27. The van der Waals surface area contributed by atoms with Crippen molar-refractivity contribution in [3.05, 3.63) is 58.2 Å². The van der Waals surface area contributed by atoms with Crippen molar-refractivity contribution in [2.45, 2.75) is 6.42 Å². The van der Waals surface area contributed by atoms with E-state index in [1.54, 1.807) is 35.2 Å². The molecule has 0 bridgehead atoms. The first kappa shape index (κ1) is 14.5. The van der Waals surface area contributed by atoms with Crippen LogP contribution in [0.15, 0.2) is 36.5 Å². The monoisotopic (exact) mass is 316 g/mol. The molecule has 6 heteroatoms. The Labute approximate surface area is 132 Å². The predicted molar refractivity (Wildman–Crippen MR) is 82.4 cm³/mol. The lowest BCUT2D eigenvalue weighted by atomic mass is 9.99. The first-order valence-corrected chi connectivity index (χ1v) is 7.13. The lowest BCUT2D eigenvalue weighted by Gasteiger charge is -2.28. The molecule has 2 heterocycles. The number of carbonyl (C=O) groups is 2. The molecule has 0 spiro atoms. The summed E-state index contributed by atoms with van der Waals surface area (Å²) in [6.07, 6.45) is 2.07. The van der Waals surface area contributed by atoms with Gasteiger partial charge in [0, 0.05) is 23.3 Å². The second-order valence-corrected chi connectivity index (χ2v) is 5.28. The van der Waals surface area contributed by atoms with Crippen LogP contribution in [-0.2, 0) is 11.2 Å². The van der Waals surface area contributed by atoms with E-state index in [0.717, 1.165) is 5.56 Å². The summed E-state index contributed by atoms with van der Waals surface area (Å²) in [7, 11) is 1.31. The number of anilines is 1. The quantitative estimate of drug-likeness (QED) is 0.799. The molecule has 0 saturated carbocycles. The maximum atomic E-state index is 12.6. The number of aromatic nitrogens is 1. The van der Waals surface area contributed by atoms with Crippen LogP contribution in [-0.4, -0.2) is 30.5 Å². The third kappa shape index (κ3) is 2.44. The van der Waals surface area contributed by atoms with E-state index in [-0.39, 0.29) is 5.91 Å². The predicted octanol–water partition coefficient (Wildman–Crippen LogP) is 2.72. The number of methoxy groups -OCH3 is 1. The molecule has 3 rings (SSSR count). The first-order chi connectivity index (χ1) is 10.6. The summed E-state index contributed by atoms with van der Waals surface area (Å²) >= 11 is 6.14. The lowest BCUT2D eigenvalue weighted by molar-refractivity contribution is 0.0600. The van der Waals surface area contributed by atoms with Crippen molar-refractivity contribution in [2.75, 3.05) is 18.6 Å². The van der Waals surface area contributed by atoms with Crippen LogP contribution >= 0.6 is 11.6 Å². The summed E-state index contributed by atoms with van der Waals surface area (Å²) in [4.78, 5) is 29.8. The highest BCUT2D eigenvalue weighted by Crippen LogP contribution is 2.28. The van der Waals surface area contributed by atoms with Crippen molar-refractivity contribution in [1.29, 1.82) is 0 Å². The normalized spacial score (nSPS) is 13.7. The van der Waals surface area contributed by atoms with Crippen LogP contribution in [0.1, 0.15) is 26.3 Å². The second-order valence-electron chi connectivity index (χ2n) is 4.87. The molecule has 1 aliphatic heterocycles. The third-order valence-corrected chi connectivity index (χ3v) is 3.98. The van der Waals surface area contributed by atoms with Gasteiger partial charge in [-0.15, -0.1) is 0 Å². The molecule has 0 N–H and O–H groups in total. The number of benzene rings is 1. The zero-order valence-electron chi connectivity index (χ0n) is 11.9. The van der Waals surface area contributed by atoms with E-state index in [4.69, 9.17) is 11.6 Å². The molecule has 1 aromatic heterocycles. The smallest absolute Gasteiger partial charge is 0.339 e. The number of amides is 1. The van der Waals surface area contributed by atoms with Gasteiger partial charge in [0.15, 0.2) is 0 Å². The fourth-order valence-electron chi connectivity index (χ4n) is 2.49. The summed E-state index contributed by atoms with van der Waals surface area (Å²) in [5.74, 6) is -0.0912. The number of hydrogen-bond acceptors (Lipinski definition) is 4. The number of carbonyl (C=O) groups excluding carboxylic acids is 2. The van der Waals surface area contributed by atoms with E-state index >= 15 is 0 Å². The Morgan fingerprint density at radius 1 is 1.32 bits per heavy atom. The summed E-state index contributed by atoms with van der Waals surface area (Å²) in [6.45, 7) is 0.500. The molecule has 0 fully saturated rings. The Morgan fingerprint density at radius 2 is 2.14 bits per heavy atom. The minimum absolute atomic E-state index is 0.137. The molecular weight excluding hydrogens is 304 g/mol. The zero-order valence-corrected chi connectivity index (χ0v) is 12.6.